The molecule has 0 radical (unpaired) electrons. The zero-order chi connectivity index (χ0) is 12.0. The molecule has 1 aliphatic rings. The smallest absolute Gasteiger partial charge is 0.222 e. The van der Waals surface area contributed by atoms with Gasteiger partial charge in [0.2, 0.25) is 5.91 Å². The van der Waals surface area contributed by atoms with Crippen molar-refractivity contribution in [2.45, 2.75) is 45.3 Å². The van der Waals surface area contributed by atoms with Crippen molar-refractivity contribution in [2.24, 2.45) is 0 Å². The fourth-order valence-electron chi connectivity index (χ4n) is 2.05. The second-order valence-corrected chi connectivity index (χ2v) is 4.48. The van der Waals surface area contributed by atoms with Gasteiger partial charge in [-0.1, -0.05) is 6.92 Å². The van der Waals surface area contributed by atoms with E-state index in [9.17, 15) is 4.79 Å². The van der Waals surface area contributed by atoms with E-state index in [1.165, 1.54) is 0 Å². The molecule has 1 heterocycles. The Morgan fingerprint density at radius 2 is 2.25 bits per heavy atom. The molecule has 16 heavy (non-hydrogen) atoms. The molecule has 1 aliphatic heterocycles. The highest BCUT2D eigenvalue weighted by atomic mass is 16.5. The molecule has 4 heteroatoms. The highest BCUT2D eigenvalue weighted by Gasteiger charge is 2.26. The third kappa shape index (κ3) is 4.10. The Bertz CT molecular complexity index is 221. The summed E-state index contributed by atoms with van der Waals surface area (Å²) in [4.78, 5) is 13.9. The Hall–Kier alpha value is -0.610. The molecule has 0 aliphatic carbocycles. The molecule has 1 N–H and O–H groups in total. The summed E-state index contributed by atoms with van der Waals surface area (Å²) in [7, 11) is 1.91. The fourth-order valence-corrected chi connectivity index (χ4v) is 2.05. The van der Waals surface area contributed by atoms with Gasteiger partial charge in [0.25, 0.3) is 0 Å². The summed E-state index contributed by atoms with van der Waals surface area (Å²) in [5.41, 5.74) is 0. The van der Waals surface area contributed by atoms with E-state index in [0.717, 1.165) is 32.5 Å². The minimum atomic E-state index is 0.173. The van der Waals surface area contributed by atoms with Gasteiger partial charge in [-0.15, -0.1) is 0 Å². The van der Waals surface area contributed by atoms with E-state index < -0.39 is 0 Å². The number of carbonyl (C=O) groups excluding carboxylic acids is 1. The Kier molecular flexibility index (Phi) is 5.77. The first-order valence-corrected chi connectivity index (χ1v) is 6.25. The van der Waals surface area contributed by atoms with Crippen LogP contribution in [0.5, 0.6) is 0 Å². The molecule has 1 fully saturated rings. The maximum absolute atomic E-state index is 11.9. The highest BCUT2D eigenvalue weighted by molar-refractivity contribution is 5.76. The zero-order valence-electron chi connectivity index (χ0n) is 10.7. The molecule has 0 aromatic rings. The number of amides is 1. The van der Waals surface area contributed by atoms with Crippen molar-refractivity contribution in [1.82, 2.24) is 10.2 Å². The average molecular weight is 228 g/mol. The molecular weight excluding hydrogens is 204 g/mol. The summed E-state index contributed by atoms with van der Waals surface area (Å²) in [6.07, 6.45) is 2.93. The van der Waals surface area contributed by atoms with E-state index >= 15 is 0 Å². The fraction of sp³-hybridized carbons (Fsp3) is 0.917. The molecule has 1 saturated heterocycles. The van der Waals surface area contributed by atoms with E-state index in [1.807, 2.05) is 18.9 Å². The number of carbonyl (C=O) groups is 1. The van der Waals surface area contributed by atoms with Crippen molar-refractivity contribution in [2.75, 3.05) is 26.7 Å². The minimum absolute atomic E-state index is 0.173. The van der Waals surface area contributed by atoms with Crippen LogP contribution in [0.4, 0.5) is 0 Å². The van der Waals surface area contributed by atoms with Gasteiger partial charge in [0, 0.05) is 19.5 Å². The number of nitrogens with zero attached hydrogens (tertiary/aromatic N) is 1. The third-order valence-corrected chi connectivity index (χ3v) is 2.95. The van der Waals surface area contributed by atoms with Crippen LogP contribution in [0.15, 0.2) is 0 Å². The van der Waals surface area contributed by atoms with E-state index in [-0.39, 0.29) is 18.1 Å². The first-order valence-electron chi connectivity index (χ1n) is 6.25. The van der Waals surface area contributed by atoms with E-state index in [2.05, 4.69) is 12.2 Å². The van der Waals surface area contributed by atoms with Gasteiger partial charge in [-0.05, 0) is 33.4 Å². The number of ether oxygens (including phenoxy) is 1. The maximum atomic E-state index is 11.9. The lowest BCUT2D eigenvalue weighted by molar-refractivity contribution is -0.144. The monoisotopic (exact) mass is 228 g/mol. The SMILES string of the molecule is CCC1CN(C(=O)CCCNC)CC(C)O1. The standard InChI is InChI=1S/C12H24N2O2/c1-4-11-9-14(8-10(2)16-11)12(15)6-5-7-13-3/h10-11,13H,4-9H2,1-3H3. The number of nitrogens with one attached hydrogen (secondary N) is 1. The molecule has 0 bridgehead atoms. The summed E-state index contributed by atoms with van der Waals surface area (Å²) in [5, 5.41) is 3.06. The lowest BCUT2D eigenvalue weighted by atomic mass is 10.1. The molecule has 1 amide bonds. The molecule has 0 aromatic carbocycles. The summed E-state index contributed by atoms with van der Waals surface area (Å²) in [6, 6.07) is 0. The van der Waals surface area contributed by atoms with Crippen LogP contribution in [-0.2, 0) is 9.53 Å². The summed E-state index contributed by atoms with van der Waals surface area (Å²) < 4.78 is 5.74. The van der Waals surface area contributed by atoms with Crippen LogP contribution < -0.4 is 5.32 Å². The van der Waals surface area contributed by atoms with Gasteiger partial charge in [0.15, 0.2) is 0 Å². The van der Waals surface area contributed by atoms with Gasteiger partial charge in [-0.2, -0.15) is 0 Å². The van der Waals surface area contributed by atoms with Crippen molar-refractivity contribution in [1.29, 1.82) is 0 Å². The number of morpholine rings is 1. The van der Waals surface area contributed by atoms with Crippen molar-refractivity contribution < 1.29 is 9.53 Å². The van der Waals surface area contributed by atoms with Crippen LogP contribution in [0.25, 0.3) is 0 Å². The van der Waals surface area contributed by atoms with Crippen molar-refractivity contribution in [3.63, 3.8) is 0 Å². The van der Waals surface area contributed by atoms with Gasteiger partial charge in [-0.3, -0.25) is 4.79 Å². The first-order chi connectivity index (χ1) is 7.67. The zero-order valence-corrected chi connectivity index (χ0v) is 10.7. The summed E-state index contributed by atoms with van der Waals surface area (Å²) >= 11 is 0. The van der Waals surface area contributed by atoms with Crippen LogP contribution in [0.1, 0.15) is 33.1 Å². The van der Waals surface area contributed by atoms with E-state index in [4.69, 9.17) is 4.74 Å². The number of hydrogen-bond acceptors (Lipinski definition) is 3. The molecule has 0 saturated carbocycles. The lowest BCUT2D eigenvalue weighted by Gasteiger charge is -2.36. The molecule has 94 valence electrons. The van der Waals surface area contributed by atoms with Crippen molar-refractivity contribution in [3.05, 3.63) is 0 Å². The molecule has 2 atom stereocenters. The van der Waals surface area contributed by atoms with Gasteiger partial charge >= 0.3 is 0 Å². The molecule has 4 nitrogen and oxygen atoms in total. The highest BCUT2D eigenvalue weighted by Crippen LogP contribution is 2.14. The topological polar surface area (TPSA) is 41.6 Å². The Labute approximate surface area is 98.3 Å². The normalized spacial score (nSPS) is 25.8. The average Bonchev–Trinajstić information content (AvgIpc) is 2.28. The molecule has 0 aromatic heterocycles. The maximum Gasteiger partial charge on any atom is 0.222 e. The van der Waals surface area contributed by atoms with Gasteiger partial charge in [0.05, 0.1) is 12.2 Å². The summed E-state index contributed by atoms with van der Waals surface area (Å²) in [6.45, 7) is 6.55. The largest absolute Gasteiger partial charge is 0.372 e. The quantitative estimate of drug-likeness (QED) is 0.714. The first kappa shape index (κ1) is 13.5. The van der Waals surface area contributed by atoms with E-state index in [1.54, 1.807) is 0 Å². The second-order valence-electron chi connectivity index (χ2n) is 4.48. The molecule has 2 unspecified atom stereocenters. The second kappa shape index (κ2) is 6.86. The Morgan fingerprint density at radius 1 is 1.50 bits per heavy atom. The number of rotatable bonds is 5. The van der Waals surface area contributed by atoms with Crippen LogP contribution in [0, 0.1) is 0 Å². The van der Waals surface area contributed by atoms with Gasteiger partial charge in [0.1, 0.15) is 0 Å². The van der Waals surface area contributed by atoms with Crippen LogP contribution in [0.2, 0.25) is 0 Å². The van der Waals surface area contributed by atoms with Crippen LogP contribution in [-0.4, -0.2) is 49.7 Å². The van der Waals surface area contributed by atoms with Crippen molar-refractivity contribution in [3.8, 4) is 0 Å². The Balaban J connectivity index is 2.36. The Morgan fingerprint density at radius 3 is 2.88 bits per heavy atom. The predicted molar refractivity (Wildman–Crippen MR) is 64.4 cm³/mol. The molecule has 1 rings (SSSR count). The molecular formula is C12H24N2O2. The van der Waals surface area contributed by atoms with Crippen molar-refractivity contribution >= 4 is 5.91 Å². The third-order valence-electron chi connectivity index (χ3n) is 2.95. The van der Waals surface area contributed by atoms with E-state index in [0.29, 0.717) is 6.42 Å². The van der Waals surface area contributed by atoms with Gasteiger partial charge < -0.3 is 15.0 Å². The van der Waals surface area contributed by atoms with Gasteiger partial charge in [-0.25, -0.2) is 0 Å². The minimum Gasteiger partial charge on any atom is -0.372 e. The lowest BCUT2D eigenvalue weighted by Crippen LogP contribution is -2.49. The van der Waals surface area contributed by atoms with Crippen LogP contribution in [0.3, 0.4) is 0 Å². The number of hydrogen-bond donors (Lipinski definition) is 1. The predicted octanol–water partition coefficient (Wildman–Crippen LogP) is 1.01. The summed E-state index contributed by atoms with van der Waals surface area (Å²) in [5.74, 6) is 0.267. The van der Waals surface area contributed by atoms with Crippen LogP contribution >= 0.6 is 0 Å². The molecule has 0 spiro atoms.